The van der Waals surface area contributed by atoms with Gasteiger partial charge in [-0.25, -0.2) is 8.42 Å². The Morgan fingerprint density at radius 1 is 1.56 bits per heavy atom. The average Bonchev–Trinajstić information content (AvgIpc) is 2.84. The molecule has 7 heteroatoms. The van der Waals surface area contributed by atoms with Crippen molar-refractivity contribution in [3.63, 3.8) is 0 Å². The van der Waals surface area contributed by atoms with Gasteiger partial charge in [-0.05, 0) is 25.8 Å². The van der Waals surface area contributed by atoms with Crippen LogP contribution in [0.2, 0.25) is 0 Å². The van der Waals surface area contributed by atoms with Gasteiger partial charge in [0, 0.05) is 21.6 Å². The Bertz CT molecular complexity index is 531. The molecule has 1 aromatic rings. The number of carbonyl (C=O) groups is 1. The van der Waals surface area contributed by atoms with E-state index < -0.39 is 9.05 Å². The standard InChI is InChI=1S/C9H10ClNO3S2/c1-5-8(16(10,13)14)4-7(15-5)9(12)11-6-2-3-6/h4,6H,2-3H2,1H3,(H,11,12). The highest BCUT2D eigenvalue weighted by molar-refractivity contribution is 8.13. The minimum Gasteiger partial charge on any atom is -0.349 e. The fraction of sp³-hybridized carbons (Fsp3) is 0.444. The van der Waals surface area contributed by atoms with E-state index in [4.69, 9.17) is 10.7 Å². The summed E-state index contributed by atoms with van der Waals surface area (Å²) in [6, 6.07) is 1.59. The lowest BCUT2D eigenvalue weighted by molar-refractivity contribution is 0.0955. The molecular weight excluding hydrogens is 270 g/mol. The Balaban J connectivity index is 2.26. The zero-order valence-electron chi connectivity index (χ0n) is 8.49. The molecule has 0 saturated heterocycles. The van der Waals surface area contributed by atoms with Crippen LogP contribution in [0.5, 0.6) is 0 Å². The summed E-state index contributed by atoms with van der Waals surface area (Å²) in [4.78, 5) is 12.6. The molecule has 0 aliphatic heterocycles. The maximum Gasteiger partial charge on any atom is 0.262 e. The average molecular weight is 280 g/mol. The van der Waals surface area contributed by atoms with E-state index in [1.807, 2.05) is 0 Å². The molecule has 0 spiro atoms. The maximum absolute atomic E-state index is 11.6. The molecule has 1 heterocycles. The third-order valence-electron chi connectivity index (χ3n) is 2.27. The topological polar surface area (TPSA) is 63.2 Å². The number of thiophene rings is 1. The highest BCUT2D eigenvalue weighted by atomic mass is 35.7. The summed E-state index contributed by atoms with van der Waals surface area (Å²) in [5.41, 5.74) is 0. The van der Waals surface area contributed by atoms with E-state index in [0.717, 1.165) is 24.2 Å². The monoisotopic (exact) mass is 279 g/mol. The molecule has 1 fully saturated rings. The first kappa shape index (κ1) is 11.9. The zero-order chi connectivity index (χ0) is 11.9. The number of halogens is 1. The fourth-order valence-electron chi connectivity index (χ4n) is 1.30. The summed E-state index contributed by atoms with van der Waals surface area (Å²) in [6.07, 6.45) is 1.99. The molecule has 2 rings (SSSR count). The van der Waals surface area contributed by atoms with E-state index in [1.54, 1.807) is 6.92 Å². The van der Waals surface area contributed by atoms with Crippen LogP contribution in [-0.4, -0.2) is 20.4 Å². The van der Waals surface area contributed by atoms with E-state index in [0.29, 0.717) is 9.75 Å². The first-order valence-corrected chi connectivity index (χ1v) is 7.86. The summed E-state index contributed by atoms with van der Waals surface area (Å²) >= 11 is 1.14. The summed E-state index contributed by atoms with van der Waals surface area (Å²) in [7, 11) is 1.49. The number of rotatable bonds is 3. The van der Waals surface area contributed by atoms with Gasteiger partial charge in [-0.3, -0.25) is 4.79 Å². The largest absolute Gasteiger partial charge is 0.349 e. The van der Waals surface area contributed by atoms with Crippen molar-refractivity contribution in [2.24, 2.45) is 0 Å². The number of hydrogen-bond acceptors (Lipinski definition) is 4. The van der Waals surface area contributed by atoms with Crippen LogP contribution < -0.4 is 5.32 Å². The molecule has 0 aromatic carbocycles. The Kier molecular flexibility index (Phi) is 2.98. The second-order valence-corrected chi connectivity index (χ2v) is 7.51. The van der Waals surface area contributed by atoms with Crippen LogP contribution in [0.3, 0.4) is 0 Å². The van der Waals surface area contributed by atoms with Crippen molar-refractivity contribution in [1.29, 1.82) is 0 Å². The highest BCUT2D eigenvalue weighted by Crippen LogP contribution is 2.29. The molecule has 88 valence electrons. The molecule has 0 unspecified atom stereocenters. The minimum atomic E-state index is -3.76. The van der Waals surface area contributed by atoms with Crippen molar-refractivity contribution in [2.75, 3.05) is 0 Å². The van der Waals surface area contributed by atoms with Crippen LogP contribution >= 0.6 is 22.0 Å². The Hall–Kier alpha value is -0.590. The van der Waals surface area contributed by atoms with Crippen molar-refractivity contribution < 1.29 is 13.2 Å². The second-order valence-electron chi connectivity index (χ2n) is 3.72. The first-order valence-electron chi connectivity index (χ1n) is 4.74. The SMILES string of the molecule is Cc1sc(C(=O)NC2CC2)cc1S(=O)(=O)Cl. The summed E-state index contributed by atoms with van der Waals surface area (Å²) in [5.74, 6) is -0.220. The molecule has 1 aliphatic carbocycles. The Morgan fingerprint density at radius 2 is 2.19 bits per heavy atom. The minimum absolute atomic E-state index is 0.0279. The van der Waals surface area contributed by atoms with Crippen LogP contribution in [0.15, 0.2) is 11.0 Å². The van der Waals surface area contributed by atoms with Crippen molar-refractivity contribution >= 4 is 37.0 Å². The molecule has 0 atom stereocenters. The van der Waals surface area contributed by atoms with E-state index in [2.05, 4.69) is 5.32 Å². The van der Waals surface area contributed by atoms with Crippen LogP contribution in [0.4, 0.5) is 0 Å². The predicted octanol–water partition coefficient (Wildman–Crippen LogP) is 1.88. The number of aryl methyl sites for hydroxylation is 1. The van der Waals surface area contributed by atoms with E-state index in [1.165, 1.54) is 6.07 Å². The molecule has 1 aliphatic rings. The third-order valence-corrected chi connectivity index (χ3v) is 4.90. The molecule has 0 bridgehead atoms. The summed E-state index contributed by atoms with van der Waals surface area (Å²) in [6.45, 7) is 1.63. The molecule has 4 nitrogen and oxygen atoms in total. The number of nitrogens with one attached hydrogen (secondary N) is 1. The number of carbonyl (C=O) groups excluding carboxylic acids is 1. The Labute approximate surface area is 102 Å². The van der Waals surface area contributed by atoms with Crippen molar-refractivity contribution in [1.82, 2.24) is 5.32 Å². The van der Waals surface area contributed by atoms with Crippen LogP contribution in [0.1, 0.15) is 27.4 Å². The quantitative estimate of drug-likeness (QED) is 0.859. The molecule has 1 N–H and O–H groups in total. The normalized spacial score (nSPS) is 16.1. The molecule has 16 heavy (non-hydrogen) atoms. The molecule has 1 amide bonds. The van der Waals surface area contributed by atoms with E-state index >= 15 is 0 Å². The predicted molar refractivity (Wildman–Crippen MR) is 62.6 cm³/mol. The van der Waals surface area contributed by atoms with Gasteiger partial charge in [0.25, 0.3) is 15.0 Å². The van der Waals surface area contributed by atoms with Gasteiger partial charge in [0.15, 0.2) is 0 Å². The van der Waals surface area contributed by atoms with E-state index in [-0.39, 0.29) is 16.8 Å². The lowest BCUT2D eigenvalue weighted by Gasteiger charge is -1.98. The van der Waals surface area contributed by atoms with Gasteiger partial charge in [-0.1, -0.05) is 0 Å². The van der Waals surface area contributed by atoms with Crippen molar-refractivity contribution in [3.05, 3.63) is 15.8 Å². The lowest BCUT2D eigenvalue weighted by atomic mass is 10.4. The maximum atomic E-state index is 11.6. The number of amides is 1. The molecule has 1 saturated carbocycles. The van der Waals surface area contributed by atoms with Gasteiger partial charge in [0.1, 0.15) is 0 Å². The zero-order valence-corrected chi connectivity index (χ0v) is 10.9. The van der Waals surface area contributed by atoms with Gasteiger partial charge >= 0.3 is 0 Å². The van der Waals surface area contributed by atoms with Gasteiger partial charge in [-0.15, -0.1) is 11.3 Å². The summed E-state index contributed by atoms with van der Waals surface area (Å²) in [5, 5.41) is 2.80. The van der Waals surface area contributed by atoms with Crippen LogP contribution in [-0.2, 0) is 9.05 Å². The van der Waals surface area contributed by atoms with Gasteiger partial charge in [0.2, 0.25) is 0 Å². The lowest BCUT2D eigenvalue weighted by Crippen LogP contribution is -2.24. The van der Waals surface area contributed by atoms with Gasteiger partial charge in [0.05, 0.1) is 9.77 Å². The van der Waals surface area contributed by atoms with Gasteiger partial charge in [-0.2, -0.15) is 0 Å². The van der Waals surface area contributed by atoms with E-state index in [9.17, 15) is 13.2 Å². The van der Waals surface area contributed by atoms with Crippen molar-refractivity contribution in [3.8, 4) is 0 Å². The molecule has 1 aromatic heterocycles. The Morgan fingerprint density at radius 3 is 2.62 bits per heavy atom. The molecular formula is C9H10ClNO3S2. The second kappa shape index (κ2) is 4.01. The first-order chi connectivity index (χ1) is 7.38. The van der Waals surface area contributed by atoms with Crippen LogP contribution in [0, 0.1) is 6.92 Å². The molecule has 0 radical (unpaired) electrons. The fourth-order valence-corrected chi connectivity index (χ4v) is 3.87. The van der Waals surface area contributed by atoms with Crippen molar-refractivity contribution in [2.45, 2.75) is 30.7 Å². The smallest absolute Gasteiger partial charge is 0.262 e. The number of hydrogen-bond donors (Lipinski definition) is 1. The summed E-state index contributed by atoms with van der Waals surface area (Å²) < 4.78 is 22.3. The van der Waals surface area contributed by atoms with Gasteiger partial charge < -0.3 is 5.32 Å². The third kappa shape index (κ3) is 2.56. The van der Waals surface area contributed by atoms with Crippen LogP contribution in [0.25, 0.3) is 0 Å². The highest BCUT2D eigenvalue weighted by Gasteiger charge is 2.26.